The van der Waals surface area contributed by atoms with Crippen molar-refractivity contribution in [1.82, 2.24) is 15.1 Å². The van der Waals surface area contributed by atoms with E-state index < -0.39 is 0 Å². The second kappa shape index (κ2) is 6.40. The minimum atomic E-state index is 0.498. The predicted molar refractivity (Wildman–Crippen MR) is 85.3 cm³/mol. The van der Waals surface area contributed by atoms with Crippen LogP contribution in [0.25, 0.3) is 0 Å². The fraction of sp³-hybridized carbons (Fsp3) is 0.471. The SMILES string of the molecule is COc1c(CNC[C@@H]2COc3ccccc3C2)c(C)nn1C. The van der Waals surface area contributed by atoms with Gasteiger partial charge in [0.05, 0.1) is 25.0 Å². The standard InChI is InChI=1S/C17H23N3O2/c1-12-15(17(21-3)20(2)19-12)10-18-9-13-8-14-6-4-5-7-16(14)22-11-13/h4-7,13,18H,8-11H2,1-3H3/t13-/m1/s1. The molecule has 5 nitrogen and oxygen atoms in total. The summed E-state index contributed by atoms with van der Waals surface area (Å²) in [4.78, 5) is 0. The second-order valence-electron chi connectivity index (χ2n) is 5.82. The van der Waals surface area contributed by atoms with Crippen molar-refractivity contribution in [2.45, 2.75) is 19.9 Å². The Morgan fingerprint density at radius 1 is 1.41 bits per heavy atom. The highest BCUT2D eigenvalue weighted by Crippen LogP contribution is 2.26. The molecule has 0 radical (unpaired) electrons. The molecule has 5 heteroatoms. The van der Waals surface area contributed by atoms with Gasteiger partial charge < -0.3 is 14.8 Å². The van der Waals surface area contributed by atoms with Crippen LogP contribution in [0.5, 0.6) is 11.6 Å². The topological polar surface area (TPSA) is 48.3 Å². The van der Waals surface area contributed by atoms with E-state index in [2.05, 4.69) is 22.5 Å². The van der Waals surface area contributed by atoms with Crippen molar-refractivity contribution in [3.63, 3.8) is 0 Å². The number of fused-ring (bicyclic) bond motifs is 1. The fourth-order valence-corrected chi connectivity index (χ4v) is 3.06. The van der Waals surface area contributed by atoms with Gasteiger partial charge in [-0.2, -0.15) is 5.10 Å². The summed E-state index contributed by atoms with van der Waals surface area (Å²) in [6.07, 6.45) is 1.06. The maximum Gasteiger partial charge on any atom is 0.216 e. The lowest BCUT2D eigenvalue weighted by Crippen LogP contribution is -2.31. The number of aryl methyl sites for hydroxylation is 2. The third kappa shape index (κ3) is 2.95. The minimum Gasteiger partial charge on any atom is -0.493 e. The second-order valence-corrected chi connectivity index (χ2v) is 5.82. The summed E-state index contributed by atoms with van der Waals surface area (Å²) < 4.78 is 13.0. The van der Waals surface area contributed by atoms with Crippen molar-refractivity contribution in [2.24, 2.45) is 13.0 Å². The van der Waals surface area contributed by atoms with Gasteiger partial charge in [0.2, 0.25) is 5.88 Å². The molecule has 0 spiro atoms. The van der Waals surface area contributed by atoms with Crippen molar-refractivity contribution >= 4 is 0 Å². The summed E-state index contributed by atoms with van der Waals surface area (Å²) >= 11 is 0. The maximum atomic E-state index is 5.83. The molecule has 1 aromatic heterocycles. The highest BCUT2D eigenvalue weighted by atomic mass is 16.5. The Morgan fingerprint density at radius 2 is 2.23 bits per heavy atom. The van der Waals surface area contributed by atoms with Gasteiger partial charge in [-0.15, -0.1) is 0 Å². The van der Waals surface area contributed by atoms with Crippen LogP contribution in [0.15, 0.2) is 24.3 Å². The number of hydrogen-bond donors (Lipinski definition) is 1. The monoisotopic (exact) mass is 301 g/mol. The molecule has 1 atom stereocenters. The fourth-order valence-electron chi connectivity index (χ4n) is 3.06. The van der Waals surface area contributed by atoms with E-state index in [4.69, 9.17) is 9.47 Å². The molecule has 0 fully saturated rings. The van der Waals surface area contributed by atoms with E-state index in [1.807, 2.05) is 26.1 Å². The highest BCUT2D eigenvalue weighted by Gasteiger charge is 2.20. The van der Waals surface area contributed by atoms with Gasteiger partial charge in [-0.1, -0.05) is 18.2 Å². The molecular formula is C17H23N3O2. The largest absolute Gasteiger partial charge is 0.493 e. The Bertz CT molecular complexity index is 651. The summed E-state index contributed by atoms with van der Waals surface area (Å²) in [5.41, 5.74) is 3.44. The Hall–Kier alpha value is -2.01. The van der Waals surface area contributed by atoms with E-state index in [1.54, 1.807) is 11.8 Å². The van der Waals surface area contributed by atoms with Gasteiger partial charge in [0.15, 0.2) is 0 Å². The van der Waals surface area contributed by atoms with E-state index in [-0.39, 0.29) is 0 Å². The van der Waals surface area contributed by atoms with E-state index in [0.29, 0.717) is 5.92 Å². The van der Waals surface area contributed by atoms with Crippen LogP contribution in [-0.4, -0.2) is 30.0 Å². The third-order valence-electron chi connectivity index (χ3n) is 4.17. The van der Waals surface area contributed by atoms with Crippen LogP contribution in [-0.2, 0) is 20.0 Å². The van der Waals surface area contributed by atoms with Crippen molar-refractivity contribution in [1.29, 1.82) is 0 Å². The van der Waals surface area contributed by atoms with E-state index >= 15 is 0 Å². The number of para-hydroxylation sites is 1. The first kappa shape index (κ1) is 14.9. The molecule has 0 amide bonds. The number of aromatic nitrogens is 2. The molecule has 1 aliphatic rings. The summed E-state index contributed by atoms with van der Waals surface area (Å²) in [7, 11) is 3.59. The normalized spacial score (nSPS) is 17.0. The zero-order chi connectivity index (χ0) is 15.5. The Kier molecular flexibility index (Phi) is 4.34. The molecule has 1 aromatic carbocycles. The number of benzene rings is 1. The van der Waals surface area contributed by atoms with Crippen LogP contribution in [0, 0.1) is 12.8 Å². The molecule has 1 aliphatic heterocycles. The lowest BCUT2D eigenvalue weighted by molar-refractivity contribution is 0.218. The Balaban J connectivity index is 1.56. The van der Waals surface area contributed by atoms with E-state index in [0.717, 1.165) is 49.0 Å². The average Bonchev–Trinajstić information content (AvgIpc) is 2.80. The molecule has 2 heterocycles. The van der Waals surface area contributed by atoms with Crippen molar-refractivity contribution in [3.05, 3.63) is 41.1 Å². The minimum absolute atomic E-state index is 0.498. The molecule has 0 aliphatic carbocycles. The third-order valence-corrected chi connectivity index (χ3v) is 4.17. The van der Waals surface area contributed by atoms with Crippen LogP contribution >= 0.6 is 0 Å². The lowest BCUT2D eigenvalue weighted by Gasteiger charge is -2.25. The molecule has 2 aromatic rings. The van der Waals surface area contributed by atoms with Gasteiger partial charge in [-0.25, -0.2) is 4.68 Å². The van der Waals surface area contributed by atoms with Crippen LogP contribution in [0.2, 0.25) is 0 Å². The summed E-state index contributed by atoms with van der Waals surface area (Å²) in [6.45, 7) is 4.47. The first-order chi connectivity index (χ1) is 10.7. The molecule has 118 valence electrons. The molecular weight excluding hydrogens is 278 g/mol. The van der Waals surface area contributed by atoms with Gasteiger partial charge in [0.1, 0.15) is 5.75 Å². The van der Waals surface area contributed by atoms with Crippen LogP contribution < -0.4 is 14.8 Å². The first-order valence-electron chi connectivity index (χ1n) is 7.67. The number of nitrogens with one attached hydrogen (secondary N) is 1. The number of methoxy groups -OCH3 is 1. The molecule has 3 rings (SSSR count). The first-order valence-corrected chi connectivity index (χ1v) is 7.67. The molecule has 0 saturated carbocycles. The van der Waals surface area contributed by atoms with Crippen molar-refractivity contribution < 1.29 is 9.47 Å². The molecule has 0 saturated heterocycles. The van der Waals surface area contributed by atoms with Crippen molar-refractivity contribution in [3.8, 4) is 11.6 Å². The molecule has 0 bridgehead atoms. The van der Waals surface area contributed by atoms with E-state index in [9.17, 15) is 0 Å². The summed E-state index contributed by atoms with van der Waals surface area (Å²) in [5.74, 6) is 2.36. The van der Waals surface area contributed by atoms with Gasteiger partial charge >= 0.3 is 0 Å². The molecule has 0 unspecified atom stereocenters. The predicted octanol–water partition coefficient (Wildman–Crippen LogP) is 2.08. The van der Waals surface area contributed by atoms with Gasteiger partial charge in [-0.05, 0) is 25.0 Å². The number of hydrogen-bond acceptors (Lipinski definition) is 4. The van der Waals surface area contributed by atoms with Crippen LogP contribution in [0.1, 0.15) is 16.8 Å². The number of rotatable bonds is 5. The molecule has 1 N–H and O–H groups in total. The summed E-state index contributed by atoms with van der Waals surface area (Å²) in [5, 5.41) is 7.92. The van der Waals surface area contributed by atoms with Gasteiger partial charge in [0, 0.05) is 26.1 Å². The maximum absolute atomic E-state index is 5.83. The Morgan fingerprint density at radius 3 is 3.05 bits per heavy atom. The quantitative estimate of drug-likeness (QED) is 0.918. The van der Waals surface area contributed by atoms with Crippen LogP contribution in [0.3, 0.4) is 0 Å². The van der Waals surface area contributed by atoms with Gasteiger partial charge in [-0.3, -0.25) is 0 Å². The molecule has 22 heavy (non-hydrogen) atoms. The Labute approximate surface area is 131 Å². The summed E-state index contributed by atoms with van der Waals surface area (Å²) in [6, 6.07) is 8.29. The highest BCUT2D eigenvalue weighted by molar-refractivity contribution is 5.35. The number of ether oxygens (including phenoxy) is 2. The smallest absolute Gasteiger partial charge is 0.216 e. The zero-order valence-electron chi connectivity index (χ0n) is 13.4. The van der Waals surface area contributed by atoms with E-state index in [1.165, 1.54) is 5.56 Å². The van der Waals surface area contributed by atoms with Crippen molar-refractivity contribution in [2.75, 3.05) is 20.3 Å². The van der Waals surface area contributed by atoms with Crippen LogP contribution in [0.4, 0.5) is 0 Å². The zero-order valence-corrected chi connectivity index (χ0v) is 13.4. The van der Waals surface area contributed by atoms with Gasteiger partial charge in [0.25, 0.3) is 0 Å². The average molecular weight is 301 g/mol. The lowest BCUT2D eigenvalue weighted by atomic mass is 9.97. The number of nitrogens with zero attached hydrogens (tertiary/aromatic N) is 2.